The van der Waals surface area contributed by atoms with E-state index in [1.165, 1.54) is 27.8 Å². The van der Waals surface area contributed by atoms with Crippen LogP contribution in [0, 0.1) is 11.8 Å². The highest BCUT2D eigenvalue weighted by Gasteiger charge is 2.43. The third kappa shape index (κ3) is 5.08. The van der Waals surface area contributed by atoms with Gasteiger partial charge in [-0.2, -0.15) is 0 Å². The molecule has 9 rings (SSSR count). The standard InChI is InChI=1S/C45H34N4/c1-45(2)40-27-34(22-23-38(40)39-24-21-30-10-6-7-16-37(30)41(39)45)33-13-8-14-35(26-33)44-48-42(31-11-4-3-5-12-31)47-43(49-44)32-19-17-29(18-20-32)36-15-9-25-46-28-36/h3-28,30,37H,1-2H3. The number of hydrogen-bond donors (Lipinski definition) is 0. The normalized spacial score (nSPS) is 18.2. The van der Waals surface area contributed by atoms with Gasteiger partial charge in [-0.1, -0.05) is 141 Å². The molecular weight excluding hydrogens is 597 g/mol. The van der Waals surface area contributed by atoms with Gasteiger partial charge in [0.15, 0.2) is 17.5 Å². The minimum Gasteiger partial charge on any atom is -0.264 e. The average molecular weight is 631 g/mol. The number of fused-ring (bicyclic) bond motifs is 4. The summed E-state index contributed by atoms with van der Waals surface area (Å²) in [7, 11) is 0. The Morgan fingerprint density at radius 3 is 1.94 bits per heavy atom. The van der Waals surface area contributed by atoms with Gasteiger partial charge in [-0.05, 0) is 62.7 Å². The van der Waals surface area contributed by atoms with Crippen molar-refractivity contribution >= 4 is 5.57 Å². The molecule has 0 aliphatic heterocycles. The van der Waals surface area contributed by atoms with E-state index in [1.54, 1.807) is 6.20 Å². The molecule has 49 heavy (non-hydrogen) atoms. The Hall–Kier alpha value is -6.00. The molecule has 4 aromatic carbocycles. The molecule has 2 heterocycles. The van der Waals surface area contributed by atoms with Gasteiger partial charge in [0.2, 0.25) is 0 Å². The van der Waals surface area contributed by atoms with Crippen molar-refractivity contribution in [2.75, 3.05) is 0 Å². The fourth-order valence-electron chi connectivity index (χ4n) is 7.72. The second-order valence-corrected chi connectivity index (χ2v) is 13.5. The van der Waals surface area contributed by atoms with Crippen molar-refractivity contribution in [3.8, 4) is 56.4 Å². The molecule has 2 unspecified atom stereocenters. The summed E-state index contributed by atoms with van der Waals surface area (Å²) in [5.74, 6) is 2.77. The molecule has 234 valence electrons. The first-order valence-corrected chi connectivity index (χ1v) is 16.9. The molecule has 2 atom stereocenters. The number of benzene rings is 4. The number of nitrogens with zero attached hydrogens (tertiary/aromatic N) is 4. The maximum absolute atomic E-state index is 5.04. The van der Waals surface area contributed by atoms with E-state index in [1.807, 2.05) is 42.6 Å². The summed E-state index contributed by atoms with van der Waals surface area (Å²) < 4.78 is 0. The van der Waals surface area contributed by atoms with Gasteiger partial charge in [0.25, 0.3) is 0 Å². The number of aromatic nitrogens is 4. The lowest BCUT2D eigenvalue weighted by atomic mass is 9.68. The van der Waals surface area contributed by atoms with Gasteiger partial charge in [-0.25, -0.2) is 15.0 Å². The molecular formula is C45H34N4. The Balaban J connectivity index is 1.10. The lowest BCUT2D eigenvalue weighted by Crippen LogP contribution is -2.27. The van der Waals surface area contributed by atoms with Crippen molar-refractivity contribution in [3.05, 3.63) is 175 Å². The van der Waals surface area contributed by atoms with Crippen LogP contribution in [0.15, 0.2) is 164 Å². The van der Waals surface area contributed by atoms with Gasteiger partial charge >= 0.3 is 0 Å². The van der Waals surface area contributed by atoms with Crippen molar-refractivity contribution in [1.82, 2.24) is 19.9 Å². The van der Waals surface area contributed by atoms with Crippen LogP contribution in [0.1, 0.15) is 25.0 Å². The predicted molar refractivity (Wildman–Crippen MR) is 199 cm³/mol. The first kappa shape index (κ1) is 29.2. The van der Waals surface area contributed by atoms with Gasteiger partial charge in [-0.15, -0.1) is 0 Å². The summed E-state index contributed by atoms with van der Waals surface area (Å²) in [4.78, 5) is 19.3. The van der Waals surface area contributed by atoms with Crippen molar-refractivity contribution in [1.29, 1.82) is 0 Å². The second kappa shape index (κ2) is 11.6. The molecule has 0 saturated carbocycles. The fraction of sp³-hybridized carbons (Fsp3) is 0.111. The van der Waals surface area contributed by atoms with Gasteiger partial charge in [0.1, 0.15) is 0 Å². The number of pyridine rings is 1. The molecule has 6 aromatic rings. The monoisotopic (exact) mass is 630 g/mol. The summed E-state index contributed by atoms with van der Waals surface area (Å²) in [6.07, 6.45) is 17.5. The molecule has 0 radical (unpaired) electrons. The molecule has 4 nitrogen and oxygen atoms in total. The average Bonchev–Trinajstić information content (AvgIpc) is 3.41. The van der Waals surface area contributed by atoms with Crippen molar-refractivity contribution < 1.29 is 0 Å². The minimum atomic E-state index is -0.0677. The van der Waals surface area contributed by atoms with Gasteiger partial charge < -0.3 is 0 Å². The SMILES string of the molecule is CC1(C)C2=C(C=CC3C=CC=CC23)c2ccc(-c3cccc(-c4nc(-c5ccccc5)nc(-c5ccc(-c6cccnc6)cc5)n4)c3)cc21. The largest absolute Gasteiger partial charge is 0.264 e. The second-order valence-electron chi connectivity index (χ2n) is 13.5. The molecule has 4 heteroatoms. The summed E-state index contributed by atoms with van der Waals surface area (Å²) in [6, 6.07) is 38.0. The van der Waals surface area contributed by atoms with Crippen LogP contribution in [0.5, 0.6) is 0 Å². The molecule has 0 bridgehead atoms. The highest BCUT2D eigenvalue weighted by atomic mass is 15.0. The van der Waals surface area contributed by atoms with E-state index in [2.05, 4.69) is 128 Å². The zero-order chi connectivity index (χ0) is 33.0. The first-order valence-electron chi connectivity index (χ1n) is 16.9. The molecule has 0 saturated heterocycles. The smallest absolute Gasteiger partial charge is 0.164 e. The molecule has 0 spiro atoms. The van der Waals surface area contributed by atoms with E-state index in [0.717, 1.165) is 33.4 Å². The van der Waals surface area contributed by atoms with Crippen LogP contribution in [-0.4, -0.2) is 19.9 Å². The van der Waals surface area contributed by atoms with Gasteiger partial charge in [0.05, 0.1) is 0 Å². The lowest BCUT2D eigenvalue weighted by molar-refractivity contribution is 0.511. The van der Waals surface area contributed by atoms with Crippen LogP contribution in [-0.2, 0) is 5.41 Å². The predicted octanol–water partition coefficient (Wildman–Crippen LogP) is 10.6. The van der Waals surface area contributed by atoms with Crippen LogP contribution in [0.2, 0.25) is 0 Å². The Morgan fingerprint density at radius 2 is 1.16 bits per heavy atom. The van der Waals surface area contributed by atoms with E-state index in [9.17, 15) is 0 Å². The number of hydrogen-bond acceptors (Lipinski definition) is 4. The first-order chi connectivity index (χ1) is 24.0. The van der Waals surface area contributed by atoms with Crippen LogP contribution in [0.3, 0.4) is 0 Å². The summed E-state index contributed by atoms with van der Waals surface area (Å²) >= 11 is 0. The highest BCUT2D eigenvalue weighted by Crippen LogP contribution is 2.54. The van der Waals surface area contributed by atoms with Crippen LogP contribution in [0.25, 0.3) is 62.0 Å². The maximum Gasteiger partial charge on any atom is 0.164 e. The summed E-state index contributed by atoms with van der Waals surface area (Å²) in [6.45, 7) is 4.77. The molecule has 0 amide bonds. The summed E-state index contributed by atoms with van der Waals surface area (Å²) in [5.41, 5.74) is 12.9. The zero-order valence-electron chi connectivity index (χ0n) is 27.5. The Labute approximate surface area is 287 Å². The van der Waals surface area contributed by atoms with Crippen LogP contribution >= 0.6 is 0 Å². The quantitative estimate of drug-likeness (QED) is 0.190. The van der Waals surface area contributed by atoms with E-state index < -0.39 is 0 Å². The van der Waals surface area contributed by atoms with E-state index in [0.29, 0.717) is 29.3 Å². The molecule has 0 N–H and O–H groups in total. The van der Waals surface area contributed by atoms with Gasteiger partial charge in [0, 0.05) is 46.3 Å². The van der Waals surface area contributed by atoms with Crippen molar-refractivity contribution in [3.63, 3.8) is 0 Å². The highest BCUT2D eigenvalue weighted by molar-refractivity contribution is 5.89. The Bertz CT molecular complexity index is 2350. The van der Waals surface area contributed by atoms with Crippen molar-refractivity contribution in [2.45, 2.75) is 19.3 Å². The van der Waals surface area contributed by atoms with Crippen LogP contribution in [0.4, 0.5) is 0 Å². The fourth-order valence-corrected chi connectivity index (χ4v) is 7.72. The third-order valence-corrected chi connectivity index (χ3v) is 10.2. The topological polar surface area (TPSA) is 51.6 Å². The van der Waals surface area contributed by atoms with Crippen molar-refractivity contribution in [2.24, 2.45) is 11.8 Å². The van der Waals surface area contributed by atoms with E-state index >= 15 is 0 Å². The van der Waals surface area contributed by atoms with Crippen LogP contribution < -0.4 is 0 Å². The molecule has 2 aromatic heterocycles. The molecule has 3 aliphatic carbocycles. The lowest BCUT2D eigenvalue weighted by Gasteiger charge is -2.35. The number of rotatable bonds is 5. The Kier molecular flexibility index (Phi) is 6.91. The van der Waals surface area contributed by atoms with E-state index in [4.69, 9.17) is 15.0 Å². The molecule has 3 aliphatic rings. The number of allylic oxidation sites excluding steroid dienone is 8. The van der Waals surface area contributed by atoms with E-state index in [-0.39, 0.29) is 5.41 Å². The zero-order valence-corrected chi connectivity index (χ0v) is 27.5. The maximum atomic E-state index is 5.04. The minimum absolute atomic E-state index is 0.0677. The van der Waals surface area contributed by atoms with Gasteiger partial charge in [-0.3, -0.25) is 4.98 Å². The summed E-state index contributed by atoms with van der Waals surface area (Å²) in [5, 5.41) is 0. The Morgan fingerprint density at radius 1 is 0.531 bits per heavy atom. The third-order valence-electron chi connectivity index (χ3n) is 10.2. The molecule has 0 fully saturated rings.